The zero-order valence-electron chi connectivity index (χ0n) is 9.77. The van der Waals surface area contributed by atoms with Gasteiger partial charge in [0.1, 0.15) is 0 Å². The number of aromatic carboxylic acids is 1. The Kier molecular flexibility index (Phi) is 3.73. The average Bonchev–Trinajstić information content (AvgIpc) is 2.38. The number of piperidine rings is 1. The third-order valence-electron chi connectivity index (χ3n) is 3.15. The molecule has 1 heterocycles. The molecular weight excluding hydrogens is 252 g/mol. The second kappa shape index (κ2) is 5.28. The quantitative estimate of drug-likeness (QED) is 0.892. The lowest BCUT2D eigenvalue weighted by molar-refractivity contribution is 0.0697. The second-order valence-corrected chi connectivity index (χ2v) is 4.79. The van der Waals surface area contributed by atoms with Crippen molar-refractivity contribution in [3.05, 3.63) is 28.8 Å². The Balaban J connectivity index is 2.21. The summed E-state index contributed by atoms with van der Waals surface area (Å²) >= 11 is 5.94. The van der Waals surface area contributed by atoms with Gasteiger partial charge in [0.2, 0.25) is 0 Å². The first kappa shape index (κ1) is 12.7. The molecule has 4 nitrogen and oxygen atoms in total. The van der Waals surface area contributed by atoms with E-state index >= 15 is 0 Å². The summed E-state index contributed by atoms with van der Waals surface area (Å²) in [7, 11) is 0. The highest BCUT2D eigenvalue weighted by atomic mass is 35.5. The predicted molar refractivity (Wildman–Crippen MR) is 69.0 cm³/mol. The molecule has 0 aromatic heterocycles. The van der Waals surface area contributed by atoms with E-state index in [-0.39, 0.29) is 16.5 Å². The molecule has 1 atom stereocenters. The molecule has 18 heavy (non-hydrogen) atoms. The Hall–Kier alpha value is -1.73. The normalized spacial score (nSPS) is 19.3. The molecule has 0 spiro atoms. The van der Waals surface area contributed by atoms with Crippen molar-refractivity contribution in [1.82, 2.24) is 0 Å². The van der Waals surface area contributed by atoms with Crippen LogP contribution in [0.1, 0.15) is 23.2 Å². The molecule has 1 aliphatic heterocycles. The van der Waals surface area contributed by atoms with Gasteiger partial charge in [-0.25, -0.2) is 4.79 Å². The molecular formula is C13H13ClN2O2. The minimum absolute atomic E-state index is 0.0386. The maximum absolute atomic E-state index is 10.9. The molecule has 1 unspecified atom stereocenters. The van der Waals surface area contributed by atoms with Crippen molar-refractivity contribution in [2.75, 3.05) is 18.0 Å². The molecule has 1 fully saturated rings. The lowest BCUT2D eigenvalue weighted by Crippen LogP contribution is -2.34. The summed E-state index contributed by atoms with van der Waals surface area (Å²) in [5, 5.41) is 18.1. The van der Waals surface area contributed by atoms with Crippen LogP contribution in [-0.4, -0.2) is 24.2 Å². The SMILES string of the molecule is N#CC1CCCN(c2ccc(C(=O)O)c(Cl)c2)C1. The molecule has 0 aliphatic carbocycles. The second-order valence-electron chi connectivity index (χ2n) is 4.38. The van der Waals surface area contributed by atoms with E-state index in [9.17, 15) is 4.79 Å². The van der Waals surface area contributed by atoms with Crippen LogP contribution in [0.2, 0.25) is 5.02 Å². The molecule has 1 aliphatic rings. The zero-order chi connectivity index (χ0) is 13.1. The molecule has 1 saturated heterocycles. The van der Waals surface area contributed by atoms with E-state index in [1.165, 1.54) is 6.07 Å². The Morgan fingerprint density at radius 1 is 1.56 bits per heavy atom. The highest BCUT2D eigenvalue weighted by molar-refractivity contribution is 6.33. The lowest BCUT2D eigenvalue weighted by atomic mass is 9.99. The van der Waals surface area contributed by atoms with Crippen molar-refractivity contribution >= 4 is 23.3 Å². The van der Waals surface area contributed by atoms with E-state index in [2.05, 4.69) is 11.0 Å². The summed E-state index contributed by atoms with van der Waals surface area (Å²) in [6.45, 7) is 1.56. The molecule has 0 radical (unpaired) electrons. The molecule has 0 saturated carbocycles. The molecule has 1 aromatic carbocycles. The minimum Gasteiger partial charge on any atom is -0.478 e. The predicted octanol–water partition coefficient (Wildman–Crippen LogP) is 2.78. The van der Waals surface area contributed by atoms with E-state index in [0.29, 0.717) is 6.54 Å². The van der Waals surface area contributed by atoms with Gasteiger partial charge in [0, 0.05) is 18.8 Å². The number of hydrogen-bond donors (Lipinski definition) is 1. The topological polar surface area (TPSA) is 64.3 Å². The van der Waals surface area contributed by atoms with Gasteiger partial charge in [-0.3, -0.25) is 0 Å². The van der Waals surface area contributed by atoms with E-state index in [1.807, 2.05) is 0 Å². The van der Waals surface area contributed by atoms with Gasteiger partial charge >= 0.3 is 5.97 Å². The summed E-state index contributed by atoms with van der Waals surface area (Å²) < 4.78 is 0. The van der Waals surface area contributed by atoms with Crippen LogP contribution < -0.4 is 4.90 Å². The summed E-state index contributed by atoms with van der Waals surface area (Å²) in [4.78, 5) is 12.9. The number of nitrogens with zero attached hydrogens (tertiary/aromatic N) is 2. The van der Waals surface area contributed by atoms with Gasteiger partial charge in [-0.2, -0.15) is 5.26 Å². The number of carboxylic acid groups (broad SMARTS) is 1. The number of anilines is 1. The monoisotopic (exact) mass is 264 g/mol. The van der Waals surface area contributed by atoms with Crippen molar-refractivity contribution in [2.45, 2.75) is 12.8 Å². The Bertz CT molecular complexity index is 510. The molecule has 94 valence electrons. The van der Waals surface area contributed by atoms with Gasteiger partial charge < -0.3 is 10.0 Å². The van der Waals surface area contributed by atoms with Crippen LogP contribution in [0.15, 0.2) is 18.2 Å². The fraction of sp³-hybridized carbons (Fsp3) is 0.385. The van der Waals surface area contributed by atoms with Crippen LogP contribution in [0.4, 0.5) is 5.69 Å². The summed E-state index contributed by atoms with van der Waals surface area (Å²) in [5.41, 5.74) is 0.985. The molecule has 1 aromatic rings. The highest BCUT2D eigenvalue weighted by Crippen LogP contribution is 2.27. The maximum atomic E-state index is 10.9. The molecule has 0 amide bonds. The number of rotatable bonds is 2. The van der Waals surface area contributed by atoms with Gasteiger partial charge in [0.05, 0.1) is 22.6 Å². The third-order valence-corrected chi connectivity index (χ3v) is 3.46. The Morgan fingerprint density at radius 3 is 2.94 bits per heavy atom. The summed E-state index contributed by atoms with van der Waals surface area (Å²) in [6.07, 6.45) is 1.89. The fourth-order valence-electron chi connectivity index (χ4n) is 2.19. The largest absolute Gasteiger partial charge is 0.478 e. The average molecular weight is 265 g/mol. The van der Waals surface area contributed by atoms with E-state index in [4.69, 9.17) is 22.0 Å². The molecule has 0 bridgehead atoms. The fourth-order valence-corrected chi connectivity index (χ4v) is 2.45. The van der Waals surface area contributed by atoms with Crippen LogP contribution in [0.25, 0.3) is 0 Å². The van der Waals surface area contributed by atoms with Crippen LogP contribution in [0, 0.1) is 17.2 Å². The highest BCUT2D eigenvalue weighted by Gasteiger charge is 2.20. The van der Waals surface area contributed by atoms with Crippen molar-refractivity contribution < 1.29 is 9.90 Å². The van der Waals surface area contributed by atoms with E-state index in [0.717, 1.165) is 25.1 Å². The van der Waals surface area contributed by atoms with Crippen LogP contribution in [-0.2, 0) is 0 Å². The molecule has 1 N–H and O–H groups in total. The maximum Gasteiger partial charge on any atom is 0.337 e. The number of hydrogen-bond acceptors (Lipinski definition) is 3. The number of carboxylic acids is 1. The Morgan fingerprint density at radius 2 is 2.33 bits per heavy atom. The van der Waals surface area contributed by atoms with Crippen molar-refractivity contribution in [3.63, 3.8) is 0 Å². The summed E-state index contributed by atoms with van der Waals surface area (Å²) in [5.74, 6) is -0.989. The molecule has 2 rings (SSSR count). The van der Waals surface area contributed by atoms with Crippen LogP contribution in [0.3, 0.4) is 0 Å². The van der Waals surface area contributed by atoms with Gasteiger partial charge in [0.15, 0.2) is 0 Å². The number of benzene rings is 1. The van der Waals surface area contributed by atoms with Crippen molar-refractivity contribution in [2.24, 2.45) is 5.92 Å². The zero-order valence-corrected chi connectivity index (χ0v) is 10.5. The standard InChI is InChI=1S/C13H13ClN2O2/c14-12-6-10(3-4-11(12)13(17)18)16-5-1-2-9(7-15)8-16/h3-4,6,9H,1-2,5,8H2,(H,17,18). The first-order chi connectivity index (χ1) is 8.61. The number of halogens is 1. The Labute approximate surface area is 110 Å². The van der Waals surface area contributed by atoms with Gasteiger partial charge in [-0.05, 0) is 31.0 Å². The number of carbonyl (C=O) groups is 1. The van der Waals surface area contributed by atoms with E-state index < -0.39 is 5.97 Å². The van der Waals surface area contributed by atoms with Crippen molar-refractivity contribution in [3.8, 4) is 6.07 Å². The van der Waals surface area contributed by atoms with Gasteiger partial charge in [-0.15, -0.1) is 0 Å². The van der Waals surface area contributed by atoms with Crippen LogP contribution in [0.5, 0.6) is 0 Å². The lowest BCUT2D eigenvalue weighted by Gasteiger charge is -2.31. The smallest absolute Gasteiger partial charge is 0.337 e. The van der Waals surface area contributed by atoms with Gasteiger partial charge in [-0.1, -0.05) is 11.6 Å². The molecule has 5 heteroatoms. The summed E-state index contributed by atoms with van der Waals surface area (Å²) in [6, 6.07) is 7.19. The van der Waals surface area contributed by atoms with Crippen molar-refractivity contribution in [1.29, 1.82) is 5.26 Å². The first-order valence-electron chi connectivity index (χ1n) is 5.79. The van der Waals surface area contributed by atoms with E-state index in [1.54, 1.807) is 12.1 Å². The number of nitriles is 1. The van der Waals surface area contributed by atoms with Gasteiger partial charge in [0.25, 0.3) is 0 Å². The first-order valence-corrected chi connectivity index (χ1v) is 6.17. The van der Waals surface area contributed by atoms with Crippen LogP contribution >= 0.6 is 11.6 Å². The third kappa shape index (κ3) is 2.57. The minimum atomic E-state index is -1.03.